The van der Waals surface area contributed by atoms with Crippen LogP contribution in [0.25, 0.3) is 0 Å². The van der Waals surface area contributed by atoms with E-state index in [0.29, 0.717) is 0 Å². The van der Waals surface area contributed by atoms with Gasteiger partial charge in [-0.2, -0.15) is 0 Å². The summed E-state index contributed by atoms with van der Waals surface area (Å²) in [5.74, 6) is 0. The molecule has 3 heteroatoms. The van der Waals surface area contributed by atoms with E-state index in [9.17, 15) is 0 Å². The molecule has 0 N–H and O–H groups in total. The van der Waals surface area contributed by atoms with E-state index in [-0.39, 0.29) is 20.3 Å². The van der Waals surface area contributed by atoms with E-state index in [4.69, 9.17) is 0 Å². The molecule has 0 unspecified atom stereocenters. The largest absolute Gasteiger partial charge is 1.00 e. The summed E-state index contributed by atoms with van der Waals surface area (Å²) in [4.78, 5) is 0. The molecule has 1 nitrogen and oxygen atoms in total. The van der Waals surface area contributed by atoms with Gasteiger partial charge in [0.1, 0.15) is 8.24 Å². The summed E-state index contributed by atoms with van der Waals surface area (Å²) in [5, 5.41) is 0. The molecular formula is C8H22LiNSi. The zero-order valence-corrected chi connectivity index (χ0v) is 10.1. The average molecular weight is 167 g/mol. The quantitative estimate of drug-likeness (QED) is 0.518. The molecule has 0 aliphatic heterocycles. The predicted molar refractivity (Wildman–Crippen MR) is 52.0 cm³/mol. The number of nitrogens with zero attached hydrogens (tertiary/aromatic N) is 1. The van der Waals surface area contributed by atoms with Crippen LogP contribution in [0.1, 0.15) is 21.2 Å². The average Bonchev–Trinajstić information content (AvgIpc) is 1.80. The minimum absolute atomic E-state index is 0. The zero-order chi connectivity index (χ0) is 8.20. The summed E-state index contributed by atoms with van der Waals surface area (Å²) in [6.07, 6.45) is 2.66. The van der Waals surface area contributed by atoms with Crippen molar-refractivity contribution < 1.29 is 20.3 Å². The van der Waals surface area contributed by atoms with Crippen LogP contribution < -0.4 is 18.9 Å². The molecule has 0 rings (SSSR count). The zero-order valence-electron chi connectivity index (χ0n) is 10.1. The minimum Gasteiger partial charge on any atom is -1.00 e. The van der Waals surface area contributed by atoms with Gasteiger partial charge in [0, 0.05) is 0 Å². The van der Waals surface area contributed by atoms with Crippen molar-refractivity contribution in [1.29, 1.82) is 0 Å². The first kappa shape index (κ1) is 14.3. The maximum absolute atomic E-state index is 2.54. The van der Waals surface area contributed by atoms with Gasteiger partial charge in [0.25, 0.3) is 0 Å². The molecule has 0 aromatic carbocycles. The summed E-state index contributed by atoms with van der Waals surface area (Å²) in [7, 11) is 1.29. The Hall–Kier alpha value is 0.774. The van der Waals surface area contributed by atoms with E-state index in [1.54, 1.807) is 0 Å². The van der Waals surface area contributed by atoms with E-state index >= 15 is 0 Å². The first-order valence-corrected chi connectivity index (χ1v) is 7.64. The molecule has 11 heavy (non-hydrogen) atoms. The number of hydrogen-bond acceptors (Lipinski definition) is 1. The molecular weight excluding hydrogens is 145 g/mol. The van der Waals surface area contributed by atoms with Crippen LogP contribution in [-0.4, -0.2) is 26.4 Å². The van der Waals surface area contributed by atoms with E-state index in [1.807, 2.05) is 0 Å². The van der Waals surface area contributed by atoms with Gasteiger partial charge in [-0.15, -0.1) is 0 Å². The topological polar surface area (TPSA) is 3.24 Å². The van der Waals surface area contributed by atoms with Crippen LogP contribution in [0.15, 0.2) is 0 Å². The Labute approximate surface area is 86.3 Å². The van der Waals surface area contributed by atoms with E-state index in [1.165, 1.54) is 19.4 Å². The van der Waals surface area contributed by atoms with Crippen LogP contribution in [-0.2, 0) is 0 Å². The van der Waals surface area contributed by atoms with E-state index in [0.717, 1.165) is 0 Å². The molecule has 0 heterocycles. The fraction of sp³-hybridized carbons (Fsp3) is 1.00. The fourth-order valence-electron chi connectivity index (χ4n) is 0.731. The molecule has 0 radical (unpaired) electrons. The van der Waals surface area contributed by atoms with Crippen LogP contribution in [0.5, 0.6) is 0 Å². The Morgan fingerprint density at radius 3 is 2.00 bits per heavy atom. The van der Waals surface area contributed by atoms with Gasteiger partial charge in [-0.3, -0.25) is 0 Å². The van der Waals surface area contributed by atoms with Crippen molar-refractivity contribution in [2.75, 3.05) is 13.6 Å². The van der Waals surface area contributed by atoms with Crippen molar-refractivity contribution in [2.24, 2.45) is 0 Å². The summed E-state index contributed by atoms with van der Waals surface area (Å²) in [5.41, 5.74) is 0. The smallest absolute Gasteiger partial charge is 1.00 e. The van der Waals surface area contributed by atoms with Crippen LogP contribution >= 0.6 is 0 Å². The fourth-order valence-corrected chi connectivity index (χ4v) is 1.56. The standard InChI is InChI=1S/C8H21NSi.Li.H/c1-6-7-8-9(2)10(3,4)5;;/h6-8H2,1-5H3;;/q;+1;-1. The van der Waals surface area contributed by atoms with Gasteiger partial charge in [0.05, 0.1) is 0 Å². The molecule has 0 saturated heterocycles. The molecule has 0 aliphatic carbocycles. The second kappa shape index (κ2) is 6.31. The number of rotatable bonds is 4. The molecule has 0 fully saturated rings. The Kier molecular flexibility index (Phi) is 8.20. The molecule has 0 saturated carbocycles. The first-order valence-electron chi connectivity index (χ1n) is 4.19. The summed E-state index contributed by atoms with van der Waals surface area (Å²) in [6.45, 7) is 10.7. The van der Waals surface area contributed by atoms with Gasteiger partial charge < -0.3 is 5.99 Å². The van der Waals surface area contributed by atoms with Crippen molar-refractivity contribution in [3.8, 4) is 0 Å². The van der Waals surface area contributed by atoms with Crippen LogP contribution in [0.3, 0.4) is 0 Å². The third-order valence-corrected chi connectivity index (χ3v) is 4.51. The monoisotopic (exact) mass is 167 g/mol. The molecule has 64 valence electrons. The normalized spacial score (nSPS) is 11.5. The maximum Gasteiger partial charge on any atom is 1.00 e. The van der Waals surface area contributed by atoms with Crippen molar-refractivity contribution in [2.45, 2.75) is 39.4 Å². The summed E-state index contributed by atoms with van der Waals surface area (Å²) < 4.78 is 2.54. The van der Waals surface area contributed by atoms with E-state index < -0.39 is 8.24 Å². The second-order valence-electron chi connectivity index (χ2n) is 3.95. The molecule has 0 aliphatic rings. The first-order chi connectivity index (χ1) is 4.48. The van der Waals surface area contributed by atoms with Crippen molar-refractivity contribution in [3.63, 3.8) is 0 Å². The predicted octanol–water partition coefficient (Wildman–Crippen LogP) is -0.330. The second-order valence-corrected chi connectivity index (χ2v) is 9.05. The van der Waals surface area contributed by atoms with Crippen LogP contribution in [0.4, 0.5) is 0 Å². The van der Waals surface area contributed by atoms with Gasteiger partial charge in [-0.05, 0) is 20.0 Å². The van der Waals surface area contributed by atoms with Gasteiger partial charge in [0.2, 0.25) is 0 Å². The van der Waals surface area contributed by atoms with Crippen LogP contribution in [0.2, 0.25) is 19.6 Å². The molecule has 0 atom stereocenters. The molecule has 0 amide bonds. The van der Waals surface area contributed by atoms with Crippen molar-refractivity contribution in [1.82, 2.24) is 4.57 Å². The van der Waals surface area contributed by atoms with Gasteiger partial charge in [0.15, 0.2) is 0 Å². The van der Waals surface area contributed by atoms with Crippen molar-refractivity contribution in [3.05, 3.63) is 0 Å². The van der Waals surface area contributed by atoms with Crippen LogP contribution in [0, 0.1) is 0 Å². The molecule has 0 aromatic rings. The molecule has 0 bridgehead atoms. The Morgan fingerprint density at radius 2 is 1.73 bits per heavy atom. The SMILES string of the molecule is CCCCN(C)[Si](C)(C)C.[H-].[Li+]. The Morgan fingerprint density at radius 1 is 1.27 bits per heavy atom. The molecule has 0 aromatic heterocycles. The summed E-state index contributed by atoms with van der Waals surface area (Å²) >= 11 is 0. The number of hydrogen-bond donors (Lipinski definition) is 0. The van der Waals surface area contributed by atoms with Crippen molar-refractivity contribution >= 4 is 8.24 Å². The van der Waals surface area contributed by atoms with Gasteiger partial charge in [-0.25, -0.2) is 0 Å². The van der Waals surface area contributed by atoms with E-state index in [2.05, 4.69) is 38.2 Å². The maximum atomic E-state index is 2.54. The Balaban J connectivity index is -0.000000405. The third kappa shape index (κ3) is 7.15. The Bertz CT molecular complexity index is 95.5. The molecule has 0 spiro atoms. The summed E-state index contributed by atoms with van der Waals surface area (Å²) in [6, 6.07) is 0. The minimum atomic E-state index is -0.965. The third-order valence-electron chi connectivity index (χ3n) is 1.99. The van der Waals surface area contributed by atoms with Gasteiger partial charge in [-0.1, -0.05) is 33.0 Å². The van der Waals surface area contributed by atoms with Gasteiger partial charge >= 0.3 is 18.9 Å². The number of unbranched alkanes of at least 4 members (excludes halogenated alkanes) is 1.